The summed E-state index contributed by atoms with van der Waals surface area (Å²) in [4.78, 5) is 13.8. The third kappa shape index (κ3) is 2.57. The summed E-state index contributed by atoms with van der Waals surface area (Å²) in [5, 5.41) is 7.34. The van der Waals surface area contributed by atoms with Crippen LogP contribution < -0.4 is 0 Å². The van der Waals surface area contributed by atoms with Crippen LogP contribution in [0, 0.1) is 18.3 Å². The highest BCUT2D eigenvalue weighted by Crippen LogP contribution is 2.29. The molecule has 1 aliphatic carbocycles. The number of aromatic nitrogens is 2. The Hall–Kier alpha value is -1.89. The highest BCUT2D eigenvalue weighted by Gasteiger charge is 2.26. The van der Waals surface area contributed by atoms with Crippen molar-refractivity contribution < 1.29 is 4.79 Å². The van der Waals surface area contributed by atoms with E-state index in [9.17, 15) is 4.79 Å². The van der Waals surface area contributed by atoms with E-state index >= 15 is 0 Å². The van der Waals surface area contributed by atoms with Crippen LogP contribution in [-0.4, -0.2) is 34.1 Å². The van der Waals surface area contributed by atoms with Crippen molar-refractivity contribution in [1.29, 1.82) is 0 Å². The topological polar surface area (TPSA) is 46.1 Å². The van der Waals surface area contributed by atoms with E-state index in [4.69, 9.17) is 6.42 Å². The zero-order valence-electron chi connectivity index (χ0n) is 8.97. The zero-order valence-corrected chi connectivity index (χ0v) is 8.97. The van der Waals surface area contributed by atoms with Crippen molar-refractivity contribution in [1.82, 2.24) is 15.1 Å². The van der Waals surface area contributed by atoms with Crippen molar-refractivity contribution in [3.05, 3.63) is 24.0 Å². The van der Waals surface area contributed by atoms with Crippen molar-refractivity contribution in [2.24, 2.45) is 5.92 Å². The molecule has 2 rings (SSSR count). The summed E-state index contributed by atoms with van der Waals surface area (Å²) >= 11 is 0. The highest BCUT2D eigenvalue weighted by atomic mass is 16.2. The Labute approximate surface area is 94.7 Å². The summed E-state index contributed by atoms with van der Waals surface area (Å²) in [5.74, 6) is 3.10. The Morgan fingerprint density at radius 1 is 1.56 bits per heavy atom. The van der Waals surface area contributed by atoms with Crippen LogP contribution in [0.25, 0.3) is 0 Å². The molecule has 16 heavy (non-hydrogen) atoms. The molecule has 0 N–H and O–H groups in total. The molecule has 0 spiro atoms. The van der Waals surface area contributed by atoms with Gasteiger partial charge in [-0.05, 0) is 24.8 Å². The Bertz CT molecular complexity index is 406. The first-order valence-electron chi connectivity index (χ1n) is 5.30. The minimum absolute atomic E-state index is 0.0558. The Morgan fingerprint density at radius 3 is 2.94 bits per heavy atom. The molecule has 0 bridgehead atoms. The van der Waals surface area contributed by atoms with E-state index in [1.807, 2.05) is 0 Å². The molecule has 0 radical (unpaired) electrons. The third-order valence-electron chi connectivity index (χ3n) is 2.58. The van der Waals surface area contributed by atoms with Gasteiger partial charge in [0.15, 0.2) is 0 Å². The Balaban J connectivity index is 2.07. The maximum Gasteiger partial charge on any atom is 0.256 e. The number of terminal acetylenes is 1. The third-order valence-corrected chi connectivity index (χ3v) is 2.58. The molecule has 4 nitrogen and oxygen atoms in total. The first kappa shape index (κ1) is 10.6. The quantitative estimate of drug-likeness (QED) is 0.703. The van der Waals surface area contributed by atoms with Gasteiger partial charge in [0, 0.05) is 6.54 Å². The van der Waals surface area contributed by atoms with E-state index in [1.165, 1.54) is 25.2 Å². The lowest BCUT2D eigenvalue weighted by Crippen LogP contribution is -2.33. The summed E-state index contributed by atoms with van der Waals surface area (Å²) in [5.41, 5.74) is 0.547. The number of carbonyl (C=O) groups excluding carboxylic acids is 1. The molecule has 82 valence electrons. The molecule has 1 aliphatic rings. The SMILES string of the molecule is C#CCN(CC1CC1)C(=O)c1ccnnc1. The predicted octanol–water partition coefficient (Wildman–Crippen LogP) is 0.962. The molecule has 1 fully saturated rings. The van der Waals surface area contributed by atoms with Gasteiger partial charge in [-0.1, -0.05) is 5.92 Å². The maximum atomic E-state index is 12.1. The molecule has 0 saturated heterocycles. The fourth-order valence-corrected chi connectivity index (χ4v) is 1.54. The van der Waals surface area contributed by atoms with Crippen LogP contribution in [0.2, 0.25) is 0 Å². The van der Waals surface area contributed by atoms with Gasteiger partial charge in [0.2, 0.25) is 0 Å². The summed E-state index contributed by atoms with van der Waals surface area (Å²) < 4.78 is 0. The molecule has 1 saturated carbocycles. The van der Waals surface area contributed by atoms with Gasteiger partial charge in [-0.15, -0.1) is 6.42 Å². The molecular weight excluding hydrogens is 202 g/mol. The molecule has 1 amide bonds. The fourth-order valence-electron chi connectivity index (χ4n) is 1.54. The molecule has 0 aliphatic heterocycles. The highest BCUT2D eigenvalue weighted by molar-refractivity contribution is 5.93. The summed E-state index contributed by atoms with van der Waals surface area (Å²) in [6.45, 7) is 1.11. The number of carbonyl (C=O) groups is 1. The smallest absolute Gasteiger partial charge is 0.256 e. The lowest BCUT2D eigenvalue weighted by Gasteiger charge is -2.19. The predicted molar refractivity (Wildman–Crippen MR) is 59.5 cm³/mol. The van der Waals surface area contributed by atoms with E-state index in [0.29, 0.717) is 18.0 Å². The van der Waals surface area contributed by atoms with Gasteiger partial charge in [0.05, 0.1) is 24.5 Å². The molecular formula is C12H13N3O. The molecule has 4 heteroatoms. The maximum absolute atomic E-state index is 12.1. The van der Waals surface area contributed by atoms with E-state index in [2.05, 4.69) is 16.1 Å². The number of hydrogen-bond acceptors (Lipinski definition) is 3. The van der Waals surface area contributed by atoms with Crippen LogP contribution in [-0.2, 0) is 0 Å². The van der Waals surface area contributed by atoms with Crippen LogP contribution in [0.15, 0.2) is 18.5 Å². The lowest BCUT2D eigenvalue weighted by atomic mass is 10.2. The van der Waals surface area contributed by atoms with Crippen LogP contribution in [0.1, 0.15) is 23.2 Å². The van der Waals surface area contributed by atoms with Crippen LogP contribution in [0.3, 0.4) is 0 Å². The summed E-state index contributed by atoms with van der Waals surface area (Å²) in [6.07, 6.45) is 10.6. The van der Waals surface area contributed by atoms with Crippen LogP contribution >= 0.6 is 0 Å². The zero-order chi connectivity index (χ0) is 11.4. The van der Waals surface area contributed by atoms with E-state index < -0.39 is 0 Å². The van der Waals surface area contributed by atoms with Crippen molar-refractivity contribution in [3.63, 3.8) is 0 Å². The number of nitrogens with zero attached hydrogens (tertiary/aromatic N) is 3. The normalized spacial score (nSPS) is 14.2. The summed E-state index contributed by atoms with van der Waals surface area (Å²) in [7, 11) is 0. The second kappa shape index (κ2) is 4.75. The molecule has 0 unspecified atom stereocenters. The van der Waals surface area contributed by atoms with Gasteiger partial charge >= 0.3 is 0 Å². The van der Waals surface area contributed by atoms with Gasteiger partial charge in [0.1, 0.15) is 0 Å². The van der Waals surface area contributed by atoms with Gasteiger partial charge in [-0.25, -0.2) is 0 Å². The monoisotopic (exact) mass is 215 g/mol. The van der Waals surface area contributed by atoms with Crippen molar-refractivity contribution in [2.45, 2.75) is 12.8 Å². The average molecular weight is 215 g/mol. The minimum Gasteiger partial charge on any atom is -0.327 e. The van der Waals surface area contributed by atoms with E-state index in [1.54, 1.807) is 11.0 Å². The number of amides is 1. The number of hydrogen-bond donors (Lipinski definition) is 0. The minimum atomic E-state index is -0.0558. The molecule has 0 atom stereocenters. The van der Waals surface area contributed by atoms with Crippen molar-refractivity contribution in [3.8, 4) is 12.3 Å². The lowest BCUT2D eigenvalue weighted by molar-refractivity contribution is 0.0769. The van der Waals surface area contributed by atoms with Gasteiger partial charge in [0.25, 0.3) is 5.91 Å². The van der Waals surface area contributed by atoms with Gasteiger partial charge in [-0.2, -0.15) is 10.2 Å². The van der Waals surface area contributed by atoms with Gasteiger partial charge in [-0.3, -0.25) is 4.79 Å². The summed E-state index contributed by atoms with van der Waals surface area (Å²) in [6, 6.07) is 1.66. The fraction of sp³-hybridized carbons (Fsp3) is 0.417. The Kier molecular flexibility index (Phi) is 3.16. The average Bonchev–Trinajstić information content (AvgIpc) is 3.13. The first-order chi connectivity index (χ1) is 7.81. The molecule has 0 aromatic carbocycles. The van der Waals surface area contributed by atoms with E-state index in [-0.39, 0.29) is 5.91 Å². The van der Waals surface area contributed by atoms with Crippen LogP contribution in [0.4, 0.5) is 0 Å². The first-order valence-corrected chi connectivity index (χ1v) is 5.30. The largest absolute Gasteiger partial charge is 0.327 e. The molecule has 1 heterocycles. The van der Waals surface area contributed by atoms with Gasteiger partial charge < -0.3 is 4.90 Å². The number of rotatable bonds is 4. The standard InChI is InChI=1S/C12H13N3O/c1-2-7-15(9-10-3-4-10)12(16)11-5-6-13-14-8-11/h1,5-6,8,10H,3-4,7,9H2. The molecule has 1 aromatic rings. The second-order valence-corrected chi connectivity index (χ2v) is 3.96. The Morgan fingerprint density at radius 2 is 2.38 bits per heavy atom. The molecule has 1 aromatic heterocycles. The van der Waals surface area contributed by atoms with E-state index in [0.717, 1.165) is 6.54 Å². The van der Waals surface area contributed by atoms with Crippen LogP contribution in [0.5, 0.6) is 0 Å². The van der Waals surface area contributed by atoms with Crippen molar-refractivity contribution in [2.75, 3.05) is 13.1 Å². The second-order valence-electron chi connectivity index (χ2n) is 3.96. The van der Waals surface area contributed by atoms with Crippen molar-refractivity contribution >= 4 is 5.91 Å².